The molecule has 3 unspecified atom stereocenters. The van der Waals surface area contributed by atoms with E-state index in [0.29, 0.717) is 11.8 Å². The zero-order valence-corrected chi connectivity index (χ0v) is 20.0. The maximum Gasteiger partial charge on any atom is 0.229 e. The Kier molecular flexibility index (Phi) is 7.10. The molecular weight excluding hydrogens is 368 g/mol. The van der Waals surface area contributed by atoms with Gasteiger partial charge in [-0.05, 0) is 81.1 Å². The number of amides is 1. The molecular formula is C27H40N2O. The van der Waals surface area contributed by atoms with Crippen molar-refractivity contribution < 1.29 is 4.79 Å². The van der Waals surface area contributed by atoms with Crippen LogP contribution in [-0.2, 0) is 11.2 Å². The van der Waals surface area contributed by atoms with Gasteiger partial charge in [0, 0.05) is 29.2 Å². The van der Waals surface area contributed by atoms with Gasteiger partial charge in [-0.25, -0.2) is 0 Å². The topological polar surface area (TPSA) is 36.1 Å². The number of hydrogen-bond acceptors (Lipinski definition) is 1. The van der Waals surface area contributed by atoms with E-state index in [1.54, 1.807) is 0 Å². The van der Waals surface area contributed by atoms with Crippen molar-refractivity contribution in [1.82, 2.24) is 9.88 Å². The predicted molar refractivity (Wildman–Crippen MR) is 128 cm³/mol. The third-order valence-electron chi connectivity index (χ3n) is 6.73. The van der Waals surface area contributed by atoms with Gasteiger partial charge in [-0.15, -0.1) is 0 Å². The van der Waals surface area contributed by atoms with Crippen LogP contribution in [0.3, 0.4) is 0 Å². The molecule has 3 nitrogen and oxygen atoms in total. The van der Waals surface area contributed by atoms with Crippen LogP contribution in [0.4, 0.5) is 0 Å². The van der Waals surface area contributed by atoms with Gasteiger partial charge in [-0.2, -0.15) is 0 Å². The average molecular weight is 409 g/mol. The van der Waals surface area contributed by atoms with E-state index in [1.807, 2.05) is 0 Å². The summed E-state index contributed by atoms with van der Waals surface area (Å²) in [4.78, 5) is 19.3. The second-order valence-electron chi connectivity index (χ2n) is 9.81. The lowest BCUT2D eigenvalue weighted by atomic mass is 9.77. The highest BCUT2D eigenvalue weighted by molar-refractivity contribution is 5.98. The number of aromatic amines is 1. The van der Waals surface area contributed by atoms with E-state index in [1.165, 1.54) is 27.6 Å². The van der Waals surface area contributed by atoms with E-state index in [2.05, 4.69) is 88.8 Å². The molecule has 1 aliphatic rings. The second kappa shape index (κ2) is 9.41. The number of carbonyl (C=O) groups is 1. The molecule has 1 aromatic carbocycles. The van der Waals surface area contributed by atoms with E-state index >= 15 is 0 Å². The van der Waals surface area contributed by atoms with Crippen molar-refractivity contribution in [3.63, 3.8) is 0 Å². The summed E-state index contributed by atoms with van der Waals surface area (Å²) in [5.41, 5.74) is 5.31. The van der Waals surface area contributed by atoms with E-state index in [-0.39, 0.29) is 23.9 Å². The molecule has 0 saturated carbocycles. The number of nitrogens with one attached hydrogen (secondary N) is 1. The van der Waals surface area contributed by atoms with Gasteiger partial charge >= 0.3 is 0 Å². The van der Waals surface area contributed by atoms with Gasteiger partial charge in [-0.3, -0.25) is 4.79 Å². The molecule has 30 heavy (non-hydrogen) atoms. The fourth-order valence-corrected chi connectivity index (χ4v) is 5.39. The number of benzene rings is 1. The number of allylic oxidation sites excluding steroid dienone is 1. The van der Waals surface area contributed by atoms with Crippen molar-refractivity contribution in [1.29, 1.82) is 0 Å². The molecule has 0 saturated heterocycles. The van der Waals surface area contributed by atoms with Crippen molar-refractivity contribution in [2.24, 2.45) is 17.8 Å². The molecule has 0 radical (unpaired) electrons. The van der Waals surface area contributed by atoms with Crippen LogP contribution in [0.2, 0.25) is 0 Å². The lowest BCUT2D eigenvalue weighted by molar-refractivity contribution is -0.138. The SMILES string of the molecule is CCC(/C=C1/c2cccc3[nH]cc(c23)CC1CC)C(=O)N(C(C)C)C(C)CC(C)C. The van der Waals surface area contributed by atoms with Crippen LogP contribution in [-0.4, -0.2) is 27.9 Å². The minimum atomic E-state index is -0.0678. The summed E-state index contributed by atoms with van der Waals surface area (Å²) in [6.07, 6.45) is 8.52. The van der Waals surface area contributed by atoms with Gasteiger partial charge in [0.15, 0.2) is 0 Å². The van der Waals surface area contributed by atoms with Gasteiger partial charge < -0.3 is 9.88 Å². The third kappa shape index (κ3) is 4.36. The third-order valence-corrected chi connectivity index (χ3v) is 6.73. The van der Waals surface area contributed by atoms with Crippen molar-refractivity contribution in [3.05, 3.63) is 41.6 Å². The molecule has 3 rings (SSSR count). The summed E-state index contributed by atoms with van der Waals surface area (Å²) in [5.74, 6) is 1.28. The average Bonchev–Trinajstić information content (AvgIpc) is 3.10. The Bertz CT molecular complexity index is 905. The highest BCUT2D eigenvalue weighted by Gasteiger charge is 2.31. The lowest BCUT2D eigenvalue weighted by Crippen LogP contribution is -2.46. The fourth-order valence-electron chi connectivity index (χ4n) is 5.39. The number of nitrogens with zero attached hydrogens (tertiary/aromatic N) is 1. The monoisotopic (exact) mass is 408 g/mol. The van der Waals surface area contributed by atoms with Crippen LogP contribution in [0.15, 0.2) is 30.5 Å². The Morgan fingerprint density at radius 2 is 1.93 bits per heavy atom. The van der Waals surface area contributed by atoms with Crippen molar-refractivity contribution in [2.45, 2.75) is 86.2 Å². The van der Waals surface area contributed by atoms with Crippen LogP contribution in [0.5, 0.6) is 0 Å². The zero-order chi connectivity index (χ0) is 22.0. The standard InChI is InChI=1S/C27H40N2O/c1-8-20-14-22-16-28-25-12-10-11-23(26(22)25)24(20)15-21(9-2)27(30)29(18(5)6)19(7)13-17(3)4/h10-12,15-21,28H,8-9,13-14H2,1-7H3/b24-15+. The highest BCUT2D eigenvalue weighted by Crippen LogP contribution is 2.41. The fraction of sp³-hybridized carbons (Fsp3) is 0.593. The maximum absolute atomic E-state index is 13.7. The first-order chi connectivity index (χ1) is 14.3. The molecule has 1 amide bonds. The van der Waals surface area contributed by atoms with Crippen LogP contribution in [0.1, 0.15) is 78.9 Å². The lowest BCUT2D eigenvalue weighted by Gasteiger charge is -2.36. The molecule has 1 heterocycles. The summed E-state index contributed by atoms with van der Waals surface area (Å²) in [5, 5.41) is 1.35. The Balaban J connectivity index is 2.00. The minimum Gasteiger partial charge on any atom is -0.361 e. The molecule has 3 atom stereocenters. The van der Waals surface area contributed by atoms with E-state index in [4.69, 9.17) is 0 Å². The summed E-state index contributed by atoms with van der Waals surface area (Å²) >= 11 is 0. The largest absolute Gasteiger partial charge is 0.361 e. The molecule has 0 bridgehead atoms. The Hall–Kier alpha value is -2.03. The van der Waals surface area contributed by atoms with E-state index in [0.717, 1.165) is 25.7 Å². The smallest absolute Gasteiger partial charge is 0.229 e. The molecule has 3 heteroatoms. The maximum atomic E-state index is 13.7. The molecule has 0 fully saturated rings. The van der Waals surface area contributed by atoms with E-state index < -0.39 is 0 Å². The van der Waals surface area contributed by atoms with Crippen LogP contribution >= 0.6 is 0 Å². The number of rotatable bonds is 8. The van der Waals surface area contributed by atoms with E-state index in [9.17, 15) is 4.79 Å². The molecule has 1 aromatic heterocycles. The highest BCUT2D eigenvalue weighted by atomic mass is 16.2. The second-order valence-corrected chi connectivity index (χ2v) is 9.81. The Morgan fingerprint density at radius 1 is 1.20 bits per heavy atom. The van der Waals surface area contributed by atoms with Gasteiger partial charge in [0.1, 0.15) is 0 Å². The first-order valence-electron chi connectivity index (χ1n) is 11.9. The van der Waals surface area contributed by atoms with Gasteiger partial charge in [0.2, 0.25) is 5.91 Å². The number of H-pyrrole nitrogens is 1. The quantitative estimate of drug-likeness (QED) is 0.510. The normalized spacial score (nSPS) is 19.6. The van der Waals surface area contributed by atoms with Gasteiger partial charge in [-0.1, -0.05) is 45.9 Å². The van der Waals surface area contributed by atoms with Gasteiger partial charge in [0.05, 0.1) is 5.92 Å². The number of carbonyl (C=O) groups excluding carboxylic acids is 1. The van der Waals surface area contributed by atoms with Crippen molar-refractivity contribution >= 4 is 22.4 Å². The first kappa shape index (κ1) is 22.7. The van der Waals surface area contributed by atoms with Crippen LogP contribution < -0.4 is 0 Å². The zero-order valence-electron chi connectivity index (χ0n) is 20.0. The summed E-state index contributed by atoms with van der Waals surface area (Å²) in [7, 11) is 0. The van der Waals surface area contributed by atoms with Crippen molar-refractivity contribution in [3.8, 4) is 0 Å². The Morgan fingerprint density at radius 3 is 2.53 bits per heavy atom. The van der Waals surface area contributed by atoms with Crippen LogP contribution in [0.25, 0.3) is 16.5 Å². The number of hydrogen-bond donors (Lipinski definition) is 1. The van der Waals surface area contributed by atoms with Crippen molar-refractivity contribution in [2.75, 3.05) is 0 Å². The predicted octanol–water partition coefficient (Wildman–Crippen LogP) is 6.83. The van der Waals surface area contributed by atoms with Crippen LogP contribution in [0, 0.1) is 17.8 Å². The molecule has 1 N–H and O–H groups in total. The summed E-state index contributed by atoms with van der Waals surface area (Å²) in [6.45, 7) is 15.4. The number of aromatic nitrogens is 1. The van der Waals surface area contributed by atoms with Gasteiger partial charge in [0.25, 0.3) is 0 Å². The Labute approximate surface area is 182 Å². The summed E-state index contributed by atoms with van der Waals surface area (Å²) in [6, 6.07) is 7.01. The summed E-state index contributed by atoms with van der Waals surface area (Å²) < 4.78 is 0. The molecule has 2 aromatic rings. The minimum absolute atomic E-state index is 0.0678. The molecule has 0 spiro atoms. The first-order valence-corrected chi connectivity index (χ1v) is 11.9. The molecule has 0 aliphatic heterocycles. The molecule has 164 valence electrons. The molecule has 1 aliphatic carbocycles.